The Morgan fingerprint density at radius 1 is 1.53 bits per heavy atom. The number of hydrogen-bond donors (Lipinski definition) is 0. The third-order valence-electron chi connectivity index (χ3n) is 2.04. The van der Waals surface area contributed by atoms with Gasteiger partial charge in [0.2, 0.25) is 0 Å². The summed E-state index contributed by atoms with van der Waals surface area (Å²) in [7, 11) is 1.31. The number of hydrogen-bond acceptors (Lipinski definition) is 3. The van der Waals surface area contributed by atoms with Crippen molar-refractivity contribution in [3.8, 4) is 5.75 Å². The van der Waals surface area contributed by atoms with E-state index in [9.17, 15) is 9.18 Å². The van der Waals surface area contributed by atoms with Gasteiger partial charge in [-0.2, -0.15) is 0 Å². The molecule has 0 bridgehead atoms. The van der Waals surface area contributed by atoms with E-state index in [4.69, 9.17) is 4.74 Å². The molecular weight excluding hydrogens is 291 g/mol. The predicted molar refractivity (Wildman–Crippen MR) is 65.4 cm³/mol. The van der Waals surface area contributed by atoms with Gasteiger partial charge in [0.05, 0.1) is 11.6 Å². The van der Waals surface area contributed by atoms with Crippen LogP contribution in [0.3, 0.4) is 0 Å². The molecule has 1 aromatic rings. The molecule has 0 aliphatic heterocycles. The van der Waals surface area contributed by atoms with Crippen LogP contribution in [-0.4, -0.2) is 19.7 Å². The number of rotatable bonds is 4. The molecule has 0 saturated carbocycles. The molecule has 5 heteroatoms. The molecule has 0 spiro atoms. The Kier molecular flexibility index (Phi) is 5.15. The Bertz CT molecular complexity index is 443. The fourth-order valence-corrected chi connectivity index (χ4v) is 1.32. The molecule has 0 saturated heterocycles. The van der Waals surface area contributed by atoms with Gasteiger partial charge in [0.15, 0.2) is 0 Å². The van der Waals surface area contributed by atoms with Gasteiger partial charge in [-0.1, -0.05) is 0 Å². The molecule has 1 aromatic carbocycles. The Balaban J connectivity index is 2.56. The zero-order chi connectivity index (χ0) is 12.8. The highest BCUT2D eigenvalue weighted by molar-refractivity contribution is 9.10. The second-order valence-corrected chi connectivity index (χ2v) is 4.12. The van der Waals surface area contributed by atoms with Crippen molar-refractivity contribution in [1.82, 2.24) is 0 Å². The minimum atomic E-state index is -0.407. The molecule has 0 aliphatic carbocycles. The molecule has 0 heterocycles. The van der Waals surface area contributed by atoms with Crippen molar-refractivity contribution in [3.63, 3.8) is 0 Å². The maximum absolute atomic E-state index is 13.1. The van der Waals surface area contributed by atoms with Gasteiger partial charge in [-0.25, -0.2) is 9.18 Å². The average Bonchev–Trinajstić information content (AvgIpc) is 2.32. The molecule has 0 atom stereocenters. The van der Waals surface area contributed by atoms with Crippen molar-refractivity contribution in [1.29, 1.82) is 0 Å². The van der Waals surface area contributed by atoms with Crippen molar-refractivity contribution in [3.05, 3.63) is 40.1 Å². The van der Waals surface area contributed by atoms with Gasteiger partial charge in [0.25, 0.3) is 0 Å². The fourth-order valence-electron chi connectivity index (χ4n) is 1.07. The number of methoxy groups -OCH3 is 1. The van der Waals surface area contributed by atoms with E-state index in [2.05, 4.69) is 20.7 Å². The van der Waals surface area contributed by atoms with Crippen LogP contribution in [-0.2, 0) is 9.53 Å². The normalized spacial score (nSPS) is 11.2. The van der Waals surface area contributed by atoms with E-state index in [0.717, 1.165) is 0 Å². The van der Waals surface area contributed by atoms with Crippen LogP contribution < -0.4 is 4.74 Å². The average molecular weight is 303 g/mol. The summed E-state index contributed by atoms with van der Waals surface area (Å²) in [4.78, 5) is 11.0. The first kappa shape index (κ1) is 13.7. The molecule has 17 heavy (non-hydrogen) atoms. The summed E-state index contributed by atoms with van der Waals surface area (Å²) in [5.74, 6) is -0.397. The summed E-state index contributed by atoms with van der Waals surface area (Å²) in [6.45, 7) is 1.80. The molecule has 0 unspecified atom stereocenters. The lowest BCUT2D eigenvalue weighted by molar-refractivity contribution is -0.136. The predicted octanol–water partition coefficient (Wildman–Crippen LogP) is 3.09. The summed E-state index contributed by atoms with van der Waals surface area (Å²) in [5.41, 5.74) is 0.449. The van der Waals surface area contributed by atoms with Gasteiger partial charge >= 0.3 is 5.97 Å². The number of halogens is 2. The summed E-state index contributed by atoms with van der Waals surface area (Å²) < 4.78 is 23.3. The minimum Gasteiger partial charge on any atom is -0.489 e. The molecule has 92 valence electrons. The lowest BCUT2D eigenvalue weighted by Gasteiger charge is -2.04. The highest BCUT2D eigenvalue weighted by Gasteiger charge is 2.03. The Morgan fingerprint density at radius 3 is 2.82 bits per heavy atom. The van der Waals surface area contributed by atoms with E-state index in [0.29, 0.717) is 15.8 Å². The number of benzene rings is 1. The standard InChI is InChI=1S/C12H12BrFO3/c1-8(12(15)16-2)5-6-17-9-3-4-10(13)11(14)7-9/h3-5,7H,6H2,1-2H3. The summed E-state index contributed by atoms with van der Waals surface area (Å²) in [6.07, 6.45) is 1.58. The van der Waals surface area contributed by atoms with Crippen LogP contribution in [0.25, 0.3) is 0 Å². The second-order valence-electron chi connectivity index (χ2n) is 3.27. The topological polar surface area (TPSA) is 35.5 Å². The van der Waals surface area contributed by atoms with E-state index in [-0.39, 0.29) is 6.61 Å². The summed E-state index contributed by atoms with van der Waals surface area (Å²) >= 11 is 3.05. The minimum absolute atomic E-state index is 0.183. The molecule has 1 rings (SSSR count). The zero-order valence-electron chi connectivity index (χ0n) is 9.50. The first-order chi connectivity index (χ1) is 8.04. The van der Waals surface area contributed by atoms with Crippen molar-refractivity contribution in [2.75, 3.05) is 13.7 Å². The first-order valence-corrected chi connectivity index (χ1v) is 5.67. The van der Waals surface area contributed by atoms with Crippen LogP contribution >= 0.6 is 15.9 Å². The van der Waals surface area contributed by atoms with Crippen LogP contribution in [0.1, 0.15) is 6.92 Å². The van der Waals surface area contributed by atoms with Crippen LogP contribution in [0.15, 0.2) is 34.3 Å². The SMILES string of the molecule is COC(=O)C(C)=CCOc1ccc(Br)c(F)c1. The quantitative estimate of drug-likeness (QED) is 0.633. The van der Waals surface area contributed by atoms with Gasteiger partial charge in [-0.05, 0) is 41.1 Å². The maximum Gasteiger partial charge on any atom is 0.333 e. The molecule has 0 aliphatic rings. The summed E-state index contributed by atoms with van der Waals surface area (Å²) in [5, 5.41) is 0. The number of ether oxygens (including phenoxy) is 2. The van der Waals surface area contributed by atoms with E-state index < -0.39 is 11.8 Å². The van der Waals surface area contributed by atoms with E-state index >= 15 is 0 Å². The van der Waals surface area contributed by atoms with Crippen LogP contribution in [0.5, 0.6) is 5.75 Å². The highest BCUT2D eigenvalue weighted by Crippen LogP contribution is 2.20. The lowest BCUT2D eigenvalue weighted by atomic mass is 10.3. The van der Waals surface area contributed by atoms with Crippen molar-refractivity contribution >= 4 is 21.9 Å². The molecule has 0 amide bonds. The smallest absolute Gasteiger partial charge is 0.333 e. The van der Waals surface area contributed by atoms with Gasteiger partial charge in [-0.3, -0.25) is 0 Å². The molecule has 0 N–H and O–H groups in total. The molecular formula is C12H12BrFO3. The van der Waals surface area contributed by atoms with E-state index in [1.807, 2.05) is 0 Å². The van der Waals surface area contributed by atoms with Crippen molar-refractivity contribution in [2.45, 2.75) is 6.92 Å². The largest absolute Gasteiger partial charge is 0.489 e. The van der Waals surface area contributed by atoms with Gasteiger partial charge < -0.3 is 9.47 Å². The molecule has 0 aromatic heterocycles. The van der Waals surface area contributed by atoms with Crippen molar-refractivity contribution < 1.29 is 18.7 Å². The van der Waals surface area contributed by atoms with Gasteiger partial charge in [-0.15, -0.1) is 0 Å². The number of carbonyl (C=O) groups excluding carboxylic acids is 1. The lowest BCUT2D eigenvalue weighted by Crippen LogP contribution is -2.04. The monoisotopic (exact) mass is 302 g/mol. The third-order valence-corrected chi connectivity index (χ3v) is 2.68. The van der Waals surface area contributed by atoms with Crippen LogP contribution in [0, 0.1) is 5.82 Å². The van der Waals surface area contributed by atoms with Crippen LogP contribution in [0.2, 0.25) is 0 Å². The molecule has 3 nitrogen and oxygen atoms in total. The van der Waals surface area contributed by atoms with Crippen molar-refractivity contribution in [2.24, 2.45) is 0 Å². The fraction of sp³-hybridized carbons (Fsp3) is 0.250. The summed E-state index contributed by atoms with van der Waals surface area (Å²) in [6, 6.07) is 4.46. The molecule has 0 fully saturated rings. The van der Waals surface area contributed by atoms with Gasteiger partial charge in [0, 0.05) is 11.6 Å². The molecule has 0 radical (unpaired) electrons. The Labute approximate surface area is 107 Å². The van der Waals surface area contributed by atoms with Crippen LogP contribution in [0.4, 0.5) is 4.39 Å². The first-order valence-electron chi connectivity index (χ1n) is 4.87. The second kappa shape index (κ2) is 6.39. The zero-order valence-corrected chi connectivity index (χ0v) is 11.1. The maximum atomic E-state index is 13.1. The Morgan fingerprint density at radius 2 is 2.24 bits per heavy atom. The number of esters is 1. The van der Waals surface area contributed by atoms with E-state index in [1.54, 1.807) is 25.1 Å². The van der Waals surface area contributed by atoms with E-state index in [1.165, 1.54) is 13.2 Å². The highest BCUT2D eigenvalue weighted by atomic mass is 79.9. The number of carbonyl (C=O) groups is 1. The Hall–Kier alpha value is -1.36. The third kappa shape index (κ3) is 4.19. The van der Waals surface area contributed by atoms with Gasteiger partial charge in [0.1, 0.15) is 18.2 Å².